The van der Waals surface area contributed by atoms with Gasteiger partial charge in [-0.2, -0.15) is 0 Å². The Balaban J connectivity index is 4.22. The lowest BCUT2D eigenvalue weighted by Crippen LogP contribution is -2.30. The molecule has 0 aliphatic rings. The molecule has 3 unspecified atom stereocenters. The van der Waals surface area contributed by atoms with Crippen LogP contribution in [0, 0.1) is 17.8 Å². The fraction of sp³-hybridized carbons (Fsp3) is 0.786. The largest absolute Gasteiger partial charge is 0.465 e. The molecule has 0 aliphatic carbocycles. The molecule has 0 aliphatic heterocycles. The number of hydrogen-bond acceptors (Lipinski definition) is 5. The second kappa shape index (κ2) is 7.92. The summed E-state index contributed by atoms with van der Waals surface area (Å²) in [6, 6.07) is 0. The molecule has 0 saturated carbocycles. The van der Waals surface area contributed by atoms with Crippen LogP contribution in [0.3, 0.4) is 0 Å². The summed E-state index contributed by atoms with van der Waals surface area (Å²) in [6.45, 7) is 10.1. The van der Waals surface area contributed by atoms with Gasteiger partial charge >= 0.3 is 11.9 Å². The van der Waals surface area contributed by atoms with Gasteiger partial charge in [0.15, 0.2) is 0 Å². The summed E-state index contributed by atoms with van der Waals surface area (Å²) in [5, 5.41) is 0. The number of carbonyl (C=O) groups excluding carboxylic acids is 3. The molecule has 0 spiro atoms. The Morgan fingerprint density at radius 3 is 1.95 bits per heavy atom. The molecule has 0 N–H and O–H groups in total. The van der Waals surface area contributed by atoms with Crippen LogP contribution in [0.2, 0.25) is 0 Å². The highest BCUT2D eigenvalue weighted by Gasteiger charge is 2.26. The van der Waals surface area contributed by atoms with E-state index in [1.54, 1.807) is 27.7 Å². The molecule has 110 valence electrons. The highest BCUT2D eigenvalue weighted by atomic mass is 16.6. The SMILES string of the molecule is CC(=O)OC(C)C(C)COC(=O)C(C)C(=O)C(C)C. The fourth-order valence-corrected chi connectivity index (χ4v) is 1.47. The number of ether oxygens (including phenoxy) is 2. The summed E-state index contributed by atoms with van der Waals surface area (Å²) in [6.07, 6.45) is -0.332. The average Bonchev–Trinajstić information content (AvgIpc) is 2.32. The average molecular weight is 272 g/mol. The predicted octanol–water partition coefficient (Wildman–Crippen LogP) is 1.98. The van der Waals surface area contributed by atoms with Gasteiger partial charge in [-0.05, 0) is 13.8 Å². The van der Waals surface area contributed by atoms with Crippen LogP contribution in [-0.4, -0.2) is 30.4 Å². The summed E-state index contributed by atoms with van der Waals surface area (Å²) in [4.78, 5) is 34.1. The Hall–Kier alpha value is -1.39. The van der Waals surface area contributed by atoms with Crippen LogP contribution in [0.1, 0.15) is 41.5 Å². The Bertz CT molecular complexity index is 335. The minimum absolute atomic E-state index is 0.116. The fourth-order valence-electron chi connectivity index (χ4n) is 1.47. The zero-order valence-corrected chi connectivity index (χ0v) is 12.6. The first-order chi connectivity index (χ1) is 8.66. The summed E-state index contributed by atoms with van der Waals surface area (Å²) in [7, 11) is 0. The standard InChI is InChI=1S/C14H24O5/c1-8(2)13(16)10(4)14(17)18-7-9(3)11(5)19-12(6)15/h8-11H,7H2,1-6H3. The molecular formula is C14H24O5. The van der Waals surface area contributed by atoms with E-state index in [1.807, 2.05) is 6.92 Å². The van der Waals surface area contributed by atoms with Gasteiger partial charge in [-0.3, -0.25) is 14.4 Å². The van der Waals surface area contributed by atoms with Gasteiger partial charge < -0.3 is 9.47 Å². The molecule has 0 rings (SSSR count). The Labute approximate surface area is 114 Å². The number of hydrogen-bond donors (Lipinski definition) is 0. The van der Waals surface area contributed by atoms with E-state index < -0.39 is 11.9 Å². The van der Waals surface area contributed by atoms with E-state index in [-0.39, 0.29) is 36.3 Å². The first kappa shape index (κ1) is 17.6. The van der Waals surface area contributed by atoms with Crippen molar-refractivity contribution in [3.8, 4) is 0 Å². The Kier molecular flexibility index (Phi) is 7.34. The Morgan fingerprint density at radius 1 is 1.00 bits per heavy atom. The van der Waals surface area contributed by atoms with E-state index in [4.69, 9.17) is 9.47 Å². The molecule has 0 radical (unpaired) electrons. The molecule has 0 fully saturated rings. The van der Waals surface area contributed by atoms with Gasteiger partial charge in [0, 0.05) is 18.8 Å². The molecule has 0 aromatic rings. The van der Waals surface area contributed by atoms with Gasteiger partial charge in [0.1, 0.15) is 17.8 Å². The van der Waals surface area contributed by atoms with Crippen molar-refractivity contribution < 1.29 is 23.9 Å². The third-order valence-electron chi connectivity index (χ3n) is 2.99. The van der Waals surface area contributed by atoms with Gasteiger partial charge in [0.05, 0.1) is 6.61 Å². The molecule has 0 aromatic heterocycles. The molecular weight excluding hydrogens is 248 g/mol. The molecule has 0 amide bonds. The number of carbonyl (C=O) groups is 3. The highest BCUT2D eigenvalue weighted by molar-refractivity contribution is 5.99. The monoisotopic (exact) mass is 272 g/mol. The second-order valence-corrected chi connectivity index (χ2v) is 5.20. The van der Waals surface area contributed by atoms with E-state index in [0.29, 0.717) is 0 Å². The van der Waals surface area contributed by atoms with Crippen molar-refractivity contribution in [1.29, 1.82) is 0 Å². The lowest BCUT2D eigenvalue weighted by Gasteiger charge is -2.20. The van der Waals surface area contributed by atoms with Crippen LogP contribution in [0.25, 0.3) is 0 Å². The normalized spacial score (nSPS) is 15.5. The number of rotatable bonds is 7. The van der Waals surface area contributed by atoms with Gasteiger partial charge in [-0.15, -0.1) is 0 Å². The van der Waals surface area contributed by atoms with Gasteiger partial charge in [0.25, 0.3) is 0 Å². The molecule has 0 heterocycles. The smallest absolute Gasteiger partial charge is 0.316 e. The zero-order valence-electron chi connectivity index (χ0n) is 12.6. The third-order valence-corrected chi connectivity index (χ3v) is 2.99. The van der Waals surface area contributed by atoms with E-state index in [1.165, 1.54) is 6.92 Å². The topological polar surface area (TPSA) is 69.7 Å². The molecule has 19 heavy (non-hydrogen) atoms. The van der Waals surface area contributed by atoms with Crippen molar-refractivity contribution in [2.45, 2.75) is 47.6 Å². The quantitative estimate of drug-likeness (QED) is 0.523. The Morgan fingerprint density at radius 2 is 1.53 bits per heavy atom. The minimum atomic E-state index is -0.753. The van der Waals surface area contributed by atoms with Crippen molar-refractivity contribution in [2.75, 3.05) is 6.61 Å². The minimum Gasteiger partial charge on any atom is -0.465 e. The molecule has 3 atom stereocenters. The van der Waals surface area contributed by atoms with Crippen LogP contribution in [-0.2, 0) is 23.9 Å². The highest BCUT2D eigenvalue weighted by Crippen LogP contribution is 2.12. The van der Waals surface area contributed by atoms with E-state index in [2.05, 4.69) is 0 Å². The van der Waals surface area contributed by atoms with Crippen LogP contribution >= 0.6 is 0 Å². The second-order valence-electron chi connectivity index (χ2n) is 5.20. The summed E-state index contributed by atoms with van der Waals surface area (Å²) < 4.78 is 10.1. The maximum absolute atomic E-state index is 11.7. The van der Waals surface area contributed by atoms with Crippen LogP contribution < -0.4 is 0 Å². The van der Waals surface area contributed by atoms with E-state index in [9.17, 15) is 14.4 Å². The van der Waals surface area contributed by atoms with Crippen molar-refractivity contribution in [3.63, 3.8) is 0 Å². The number of Topliss-reactive ketones (excluding diaryl/α,β-unsaturated/α-hetero) is 1. The lowest BCUT2D eigenvalue weighted by atomic mass is 9.97. The van der Waals surface area contributed by atoms with E-state index in [0.717, 1.165) is 0 Å². The first-order valence-electron chi connectivity index (χ1n) is 6.54. The predicted molar refractivity (Wildman–Crippen MR) is 70.4 cm³/mol. The maximum Gasteiger partial charge on any atom is 0.316 e. The van der Waals surface area contributed by atoms with Crippen LogP contribution in [0.5, 0.6) is 0 Å². The molecule has 0 bridgehead atoms. The van der Waals surface area contributed by atoms with Crippen LogP contribution in [0.15, 0.2) is 0 Å². The number of esters is 2. The van der Waals surface area contributed by atoms with Gasteiger partial charge in [-0.1, -0.05) is 20.8 Å². The summed E-state index contributed by atoms with van der Waals surface area (Å²) >= 11 is 0. The van der Waals surface area contributed by atoms with E-state index >= 15 is 0 Å². The summed E-state index contributed by atoms with van der Waals surface area (Å²) in [5.74, 6) is -2.09. The third kappa shape index (κ3) is 6.36. The van der Waals surface area contributed by atoms with Crippen molar-refractivity contribution in [3.05, 3.63) is 0 Å². The molecule has 5 heteroatoms. The lowest BCUT2D eigenvalue weighted by molar-refractivity contribution is -0.156. The molecule has 0 aromatic carbocycles. The summed E-state index contributed by atoms with van der Waals surface area (Å²) in [5.41, 5.74) is 0. The first-order valence-corrected chi connectivity index (χ1v) is 6.54. The van der Waals surface area contributed by atoms with Crippen LogP contribution in [0.4, 0.5) is 0 Å². The molecule has 5 nitrogen and oxygen atoms in total. The van der Waals surface area contributed by atoms with Crippen molar-refractivity contribution in [2.24, 2.45) is 17.8 Å². The zero-order chi connectivity index (χ0) is 15.2. The van der Waals surface area contributed by atoms with Crippen molar-refractivity contribution >= 4 is 17.7 Å². The van der Waals surface area contributed by atoms with Gasteiger partial charge in [-0.25, -0.2) is 0 Å². The number of ketones is 1. The molecule has 0 saturated heterocycles. The van der Waals surface area contributed by atoms with Gasteiger partial charge in [0.2, 0.25) is 0 Å². The van der Waals surface area contributed by atoms with Crippen molar-refractivity contribution in [1.82, 2.24) is 0 Å². The maximum atomic E-state index is 11.7.